The monoisotopic (exact) mass is 459 g/mol. The molecule has 2 aliphatic rings. The zero-order valence-corrected chi connectivity index (χ0v) is 20.6. The van der Waals surface area contributed by atoms with Gasteiger partial charge in [-0.3, -0.25) is 4.79 Å². The third-order valence-electron chi connectivity index (χ3n) is 7.21. The largest absolute Gasteiger partial charge is 0.496 e. The third kappa shape index (κ3) is 6.93. The first-order chi connectivity index (χ1) is 16.6. The fraction of sp³-hybridized carbons (Fsp3) is 0.483. The number of nitriles is 1. The quantitative estimate of drug-likeness (QED) is 0.382. The summed E-state index contributed by atoms with van der Waals surface area (Å²) in [6, 6.07) is 17.8. The fourth-order valence-electron chi connectivity index (χ4n) is 4.77. The first-order valence-electron chi connectivity index (χ1n) is 12.5. The van der Waals surface area contributed by atoms with Gasteiger partial charge in [0.1, 0.15) is 5.75 Å². The molecule has 2 fully saturated rings. The van der Waals surface area contributed by atoms with Gasteiger partial charge in [0.15, 0.2) is 0 Å². The molecule has 4 rings (SSSR count). The lowest BCUT2D eigenvalue weighted by Crippen LogP contribution is -2.43. The van der Waals surface area contributed by atoms with Crippen LogP contribution in [0.3, 0.4) is 0 Å². The van der Waals surface area contributed by atoms with Crippen LogP contribution in [0.4, 0.5) is 0 Å². The van der Waals surface area contributed by atoms with E-state index in [1.165, 1.54) is 31.2 Å². The summed E-state index contributed by atoms with van der Waals surface area (Å²) in [5, 5.41) is 11.9. The number of para-hydroxylation sites is 1. The summed E-state index contributed by atoms with van der Waals surface area (Å²) in [5.74, 6) is 1.01. The molecule has 5 heteroatoms. The first kappa shape index (κ1) is 25.5. The summed E-state index contributed by atoms with van der Waals surface area (Å²) in [6.45, 7) is 2.52. The van der Waals surface area contributed by atoms with Crippen molar-refractivity contribution in [1.82, 2.24) is 5.32 Å². The number of methoxy groups -OCH3 is 1. The van der Waals surface area contributed by atoms with Gasteiger partial charge < -0.3 is 10.1 Å². The molecule has 5 nitrogen and oxygen atoms in total. The van der Waals surface area contributed by atoms with Gasteiger partial charge in [-0.15, -0.1) is 0 Å². The number of rotatable bonds is 7. The molecule has 2 saturated carbocycles. The van der Waals surface area contributed by atoms with Crippen molar-refractivity contribution in [2.24, 2.45) is 10.9 Å². The predicted molar refractivity (Wildman–Crippen MR) is 137 cm³/mol. The highest BCUT2D eigenvalue weighted by Crippen LogP contribution is 2.42. The van der Waals surface area contributed by atoms with E-state index in [1.54, 1.807) is 19.2 Å². The Morgan fingerprint density at radius 2 is 1.68 bits per heavy atom. The number of amides is 1. The van der Waals surface area contributed by atoms with Crippen molar-refractivity contribution in [3.63, 3.8) is 0 Å². The molecular formula is C29H37N3O2. The van der Waals surface area contributed by atoms with Gasteiger partial charge in [0, 0.05) is 17.7 Å². The minimum atomic E-state index is -0.109. The summed E-state index contributed by atoms with van der Waals surface area (Å²) in [6.07, 6.45) is 12.8. The summed E-state index contributed by atoms with van der Waals surface area (Å²) < 4.78 is 5.34. The van der Waals surface area contributed by atoms with E-state index >= 15 is 0 Å². The van der Waals surface area contributed by atoms with E-state index in [4.69, 9.17) is 10.00 Å². The van der Waals surface area contributed by atoms with Crippen LogP contribution in [0.1, 0.15) is 80.6 Å². The highest BCUT2D eigenvalue weighted by Gasteiger charge is 2.37. The Kier molecular flexibility index (Phi) is 9.70. The fourth-order valence-corrected chi connectivity index (χ4v) is 4.77. The molecule has 180 valence electrons. The van der Waals surface area contributed by atoms with Crippen molar-refractivity contribution in [1.29, 1.82) is 5.26 Å². The van der Waals surface area contributed by atoms with Gasteiger partial charge in [-0.1, -0.05) is 68.1 Å². The molecular weight excluding hydrogens is 422 g/mol. The number of carbonyl (C=O) groups is 1. The molecule has 2 aromatic carbocycles. The molecule has 0 spiro atoms. The Morgan fingerprint density at radius 1 is 1.06 bits per heavy atom. The van der Waals surface area contributed by atoms with Crippen LogP contribution < -0.4 is 10.1 Å². The minimum Gasteiger partial charge on any atom is -0.496 e. The summed E-state index contributed by atoms with van der Waals surface area (Å²) in [5.41, 5.74) is 2.64. The number of nitrogens with one attached hydrogen (secondary N) is 1. The number of ether oxygens (including phenoxy) is 1. The summed E-state index contributed by atoms with van der Waals surface area (Å²) in [7, 11) is 1.58. The second-order valence-electron chi connectivity index (χ2n) is 9.54. The number of hydrogen-bond donors (Lipinski definition) is 1. The van der Waals surface area contributed by atoms with E-state index in [-0.39, 0.29) is 11.3 Å². The minimum absolute atomic E-state index is 0.0876. The van der Waals surface area contributed by atoms with Crippen LogP contribution in [-0.2, 0) is 5.41 Å². The maximum absolute atomic E-state index is 12.9. The van der Waals surface area contributed by atoms with Crippen LogP contribution in [0.5, 0.6) is 5.75 Å². The van der Waals surface area contributed by atoms with Gasteiger partial charge in [-0.2, -0.15) is 10.3 Å². The van der Waals surface area contributed by atoms with Gasteiger partial charge >= 0.3 is 0 Å². The Bertz CT molecular complexity index is 978. The highest BCUT2D eigenvalue weighted by molar-refractivity contribution is 5.97. The second kappa shape index (κ2) is 12.9. The molecule has 0 bridgehead atoms. The molecule has 2 aliphatic carbocycles. The van der Waals surface area contributed by atoms with Crippen molar-refractivity contribution in [3.05, 3.63) is 65.7 Å². The number of nitrogens with zero attached hydrogens (tertiary/aromatic N) is 2. The van der Waals surface area contributed by atoms with Crippen LogP contribution in [0.15, 0.2) is 59.6 Å². The summed E-state index contributed by atoms with van der Waals surface area (Å²) in [4.78, 5) is 16.8. The average molecular weight is 460 g/mol. The third-order valence-corrected chi connectivity index (χ3v) is 7.21. The van der Waals surface area contributed by atoms with E-state index in [2.05, 4.69) is 34.6 Å². The van der Waals surface area contributed by atoms with Gasteiger partial charge in [0.25, 0.3) is 5.91 Å². The number of benzene rings is 2. The Hall–Kier alpha value is -3.13. The van der Waals surface area contributed by atoms with Crippen molar-refractivity contribution in [3.8, 4) is 11.9 Å². The zero-order valence-electron chi connectivity index (χ0n) is 20.6. The van der Waals surface area contributed by atoms with Crippen LogP contribution in [0.25, 0.3) is 0 Å². The maximum Gasteiger partial charge on any atom is 0.255 e. The first-order valence-corrected chi connectivity index (χ1v) is 12.5. The molecule has 0 atom stereocenters. The lowest BCUT2D eigenvalue weighted by molar-refractivity contribution is 0.0930. The predicted octanol–water partition coefficient (Wildman–Crippen LogP) is 6.45. The van der Waals surface area contributed by atoms with Crippen LogP contribution in [0, 0.1) is 17.4 Å². The average Bonchev–Trinajstić information content (AvgIpc) is 2.83. The zero-order chi connectivity index (χ0) is 24.2. The molecule has 34 heavy (non-hydrogen) atoms. The Morgan fingerprint density at radius 3 is 2.26 bits per heavy atom. The molecule has 0 unspecified atom stereocenters. The Labute approximate surface area is 204 Å². The standard InChI is InChI=1S/C25H29N3O2.C4H8/c1-19(28-18-26)16-20-12-14-25(15-13-20,21-8-4-3-5-9-21)17-27-24(29)22-10-6-7-11-23(22)30-2;1-2-4-3-1/h3-11,20H,12-17H2,1-2H3,(H,27,29);1-4H2. The molecule has 0 heterocycles. The highest BCUT2D eigenvalue weighted by atomic mass is 16.5. The van der Waals surface area contributed by atoms with Crippen molar-refractivity contribution in [2.75, 3.05) is 13.7 Å². The molecule has 0 aliphatic heterocycles. The van der Waals surface area contributed by atoms with E-state index in [0.29, 0.717) is 23.8 Å². The molecule has 1 amide bonds. The van der Waals surface area contributed by atoms with E-state index < -0.39 is 0 Å². The molecule has 0 aromatic heterocycles. The molecule has 0 saturated heterocycles. The van der Waals surface area contributed by atoms with Gasteiger partial charge in [-0.05, 0) is 62.6 Å². The molecule has 0 radical (unpaired) electrons. The lowest BCUT2D eigenvalue weighted by atomic mass is 9.66. The number of carbonyl (C=O) groups excluding carboxylic acids is 1. The SMILES string of the molecule is C1CCC1.COc1ccccc1C(=O)NCC1(c2ccccc2)CCC(CC(C)=NC#N)CC1. The molecule has 2 aromatic rings. The van der Waals surface area contributed by atoms with E-state index in [0.717, 1.165) is 37.8 Å². The van der Waals surface area contributed by atoms with E-state index in [1.807, 2.05) is 31.3 Å². The Balaban J connectivity index is 0.000000732. The topological polar surface area (TPSA) is 74.5 Å². The lowest BCUT2D eigenvalue weighted by Gasteiger charge is -2.41. The number of aliphatic imine (C=N–C) groups is 1. The summed E-state index contributed by atoms with van der Waals surface area (Å²) >= 11 is 0. The van der Waals surface area contributed by atoms with Crippen molar-refractivity contribution < 1.29 is 9.53 Å². The van der Waals surface area contributed by atoms with Gasteiger partial charge in [0.05, 0.1) is 12.7 Å². The van der Waals surface area contributed by atoms with Crippen LogP contribution in [-0.4, -0.2) is 25.3 Å². The van der Waals surface area contributed by atoms with E-state index in [9.17, 15) is 4.79 Å². The van der Waals surface area contributed by atoms with Crippen LogP contribution in [0.2, 0.25) is 0 Å². The van der Waals surface area contributed by atoms with Crippen LogP contribution >= 0.6 is 0 Å². The second-order valence-corrected chi connectivity index (χ2v) is 9.54. The normalized spacial score (nSPS) is 21.8. The van der Waals surface area contributed by atoms with Gasteiger partial charge in [0.2, 0.25) is 6.19 Å². The maximum atomic E-state index is 12.9. The van der Waals surface area contributed by atoms with Crippen molar-refractivity contribution >= 4 is 11.6 Å². The van der Waals surface area contributed by atoms with Crippen molar-refractivity contribution in [2.45, 2.75) is 70.1 Å². The number of hydrogen-bond acceptors (Lipinski definition) is 4. The molecule has 1 N–H and O–H groups in total. The van der Waals surface area contributed by atoms with Gasteiger partial charge in [-0.25, -0.2) is 0 Å². The smallest absolute Gasteiger partial charge is 0.255 e.